The van der Waals surface area contributed by atoms with Gasteiger partial charge in [-0.25, -0.2) is 4.98 Å². The molecule has 1 aromatic rings. The Morgan fingerprint density at radius 1 is 1.71 bits per heavy atom. The van der Waals surface area contributed by atoms with E-state index in [-0.39, 0.29) is 0 Å². The van der Waals surface area contributed by atoms with Crippen molar-refractivity contribution in [1.29, 1.82) is 0 Å². The van der Waals surface area contributed by atoms with E-state index >= 15 is 0 Å². The van der Waals surface area contributed by atoms with Gasteiger partial charge in [0.15, 0.2) is 5.17 Å². The SMILES string of the molecule is CSC(N)=NCCSCc1ncco1. The summed E-state index contributed by atoms with van der Waals surface area (Å²) >= 11 is 3.20. The zero-order chi connectivity index (χ0) is 10.2. The van der Waals surface area contributed by atoms with E-state index in [1.54, 1.807) is 24.2 Å². The molecular weight excluding hydrogens is 218 g/mol. The Hall–Kier alpha value is -0.620. The average molecular weight is 231 g/mol. The van der Waals surface area contributed by atoms with Gasteiger partial charge in [0.05, 0.1) is 18.5 Å². The number of oxazole rings is 1. The Balaban J connectivity index is 2.05. The van der Waals surface area contributed by atoms with Crippen LogP contribution in [0.25, 0.3) is 0 Å². The summed E-state index contributed by atoms with van der Waals surface area (Å²) in [7, 11) is 0. The minimum Gasteiger partial charge on any atom is -0.448 e. The van der Waals surface area contributed by atoms with Crippen LogP contribution in [0.4, 0.5) is 0 Å². The molecule has 0 aromatic carbocycles. The first-order valence-corrected chi connectivity index (χ1v) is 6.51. The second-order valence-electron chi connectivity index (χ2n) is 2.40. The van der Waals surface area contributed by atoms with Crippen LogP contribution in [-0.4, -0.2) is 28.7 Å². The molecule has 2 N–H and O–H groups in total. The lowest BCUT2D eigenvalue weighted by atomic mass is 10.8. The van der Waals surface area contributed by atoms with Crippen LogP contribution in [0.5, 0.6) is 0 Å². The molecule has 1 rings (SSSR count). The summed E-state index contributed by atoms with van der Waals surface area (Å²) in [5, 5.41) is 0.640. The van der Waals surface area contributed by atoms with Gasteiger partial charge in [-0.15, -0.1) is 0 Å². The lowest BCUT2D eigenvalue weighted by molar-refractivity contribution is 0.517. The summed E-state index contributed by atoms with van der Waals surface area (Å²) in [4.78, 5) is 8.16. The van der Waals surface area contributed by atoms with E-state index < -0.39 is 0 Å². The van der Waals surface area contributed by atoms with Gasteiger partial charge in [-0.1, -0.05) is 11.8 Å². The molecule has 0 aliphatic heterocycles. The Bertz CT molecular complexity index is 274. The number of amidine groups is 1. The third-order valence-electron chi connectivity index (χ3n) is 1.42. The fraction of sp³-hybridized carbons (Fsp3) is 0.500. The molecule has 0 unspecified atom stereocenters. The highest BCUT2D eigenvalue weighted by molar-refractivity contribution is 8.13. The maximum absolute atomic E-state index is 5.52. The third-order valence-corrected chi connectivity index (χ3v) is 2.89. The number of nitrogens with zero attached hydrogens (tertiary/aromatic N) is 2. The fourth-order valence-electron chi connectivity index (χ4n) is 0.769. The van der Waals surface area contributed by atoms with Crippen LogP contribution in [0.1, 0.15) is 5.89 Å². The number of nitrogens with two attached hydrogens (primary N) is 1. The fourth-order valence-corrected chi connectivity index (χ4v) is 1.67. The second kappa shape index (κ2) is 6.78. The molecule has 0 saturated heterocycles. The van der Waals surface area contributed by atoms with Gasteiger partial charge in [-0.3, -0.25) is 4.99 Å². The normalized spacial score (nSPS) is 11.9. The molecule has 0 amide bonds. The van der Waals surface area contributed by atoms with Crippen molar-refractivity contribution >= 4 is 28.7 Å². The number of hydrogen-bond donors (Lipinski definition) is 1. The van der Waals surface area contributed by atoms with Crippen LogP contribution in [-0.2, 0) is 5.75 Å². The van der Waals surface area contributed by atoms with E-state index in [4.69, 9.17) is 10.2 Å². The van der Waals surface area contributed by atoms with Crippen molar-refractivity contribution in [2.45, 2.75) is 5.75 Å². The molecule has 0 aliphatic carbocycles. The van der Waals surface area contributed by atoms with Gasteiger partial charge in [0, 0.05) is 5.75 Å². The quantitative estimate of drug-likeness (QED) is 0.473. The highest BCUT2D eigenvalue weighted by atomic mass is 32.2. The monoisotopic (exact) mass is 231 g/mol. The van der Waals surface area contributed by atoms with E-state index in [1.807, 2.05) is 6.26 Å². The first-order chi connectivity index (χ1) is 6.83. The van der Waals surface area contributed by atoms with E-state index in [0.29, 0.717) is 5.17 Å². The zero-order valence-corrected chi connectivity index (χ0v) is 9.61. The molecular formula is C8H13N3OS2. The van der Waals surface area contributed by atoms with Crippen molar-refractivity contribution in [2.24, 2.45) is 10.7 Å². The van der Waals surface area contributed by atoms with Crippen molar-refractivity contribution in [3.63, 3.8) is 0 Å². The van der Waals surface area contributed by atoms with Crippen molar-refractivity contribution in [3.05, 3.63) is 18.4 Å². The summed E-state index contributed by atoms with van der Waals surface area (Å²) < 4.78 is 5.09. The van der Waals surface area contributed by atoms with Crippen molar-refractivity contribution in [2.75, 3.05) is 18.6 Å². The van der Waals surface area contributed by atoms with Gasteiger partial charge < -0.3 is 10.2 Å². The first kappa shape index (κ1) is 11.5. The zero-order valence-electron chi connectivity index (χ0n) is 7.97. The van der Waals surface area contributed by atoms with E-state index in [0.717, 1.165) is 23.9 Å². The minimum atomic E-state index is 0.640. The van der Waals surface area contributed by atoms with Gasteiger partial charge in [0.1, 0.15) is 6.26 Å². The van der Waals surface area contributed by atoms with Gasteiger partial charge >= 0.3 is 0 Å². The molecule has 0 saturated carbocycles. The second-order valence-corrected chi connectivity index (χ2v) is 4.33. The van der Waals surface area contributed by atoms with Gasteiger partial charge in [-0.2, -0.15) is 11.8 Å². The van der Waals surface area contributed by atoms with Crippen LogP contribution in [0.3, 0.4) is 0 Å². The van der Waals surface area contributed by atoms with Crippen LogP contribution >= 0.6 is 23.5 Å². The maximum Gasteiger partial charge on any atom is 0.203 e. The number of thioether (sulfide) groups is 2. The van der Waals surface area contributed by atoms with Crippen molar-refractivity contribution in [1.82, 2.24) is 4.98 Å². The molecule has 0 atom stereocenters. The van der Waals surface area contributed by atoms with Crippen LogP contribution < -0.4 is 5.73 Å². The summed E-state index contributed by atoms with van der Waals surface area (Å²) in [6, 6.07) is 0. The number of aromatic nitrogens is 1. The van der Waals surface area contributed by atoms with Crippen molar-refractivity contribution < 1.29 is 4.42 Å². The summed E-state index contributed by atoms with van der Waals surface area (Å²) in [5.74, 6) is 2.49. The average Bonchev–Trinajstić information content (AvgIpc) is 2.69. The van der Waals surface area contributed by atoms with Gasteiger partial charge in [0.25, 0.3) is 0 Å². The van der Waals surface area contributed by atoms with Crippen LogP contribution in [0.15, 0.2) is 21.9 Å². The summed E-state index contributed by atoms with van der Waals surface area (Å²) in [5.41, 5.74) is 5.52. The molecule has 0 radical (unpaired) electrons. The number of rotatable bonds is 5. The predicted octanol–water partition coefficient (Wildman–Crippen LogP) is 1.59. The third kappa shape index (κ3) is 4.57. The highest BCUT2D eigenvalue weighted by Crippen LogP contribution is 2.09. The minimum absolute atomic E-state index is 0.640. The topological polar surface area (TPSA) is 64.4 Å². The first-order valence-electron chi connectivity index (χ1n) is 4.13. The van der Waals surface area contributed by atoms with E-state index in [2.05, 4.69) is 9.98 Å². The molecule has 0 aliphatic rings. The Morgan fingerprint density at radius 3 is 3.21 bits per heavy atom. The molecule has 6 heteroatoms. The molecule has 78 valence electrons. The Labute approximate surface area is 91.8 Å². The van der Waals surface area contributed by atoms with Gasteiger partial charge in [-0.05, 0) is 6.26 Å². The Morgan fingerprint density at radius 2 is 2.57 bits per heavy atom. The van der Waals surface area contributed by atoms with E-state index in [9.17, 15) is 0 Å². The lowest BCUT2D eigenvalue weighted by Crippen LogP contribution is -2.06. The standard InChI is InChI=1S/C8H13N3OS2/c1-13-8(9)11-3-5-14-6-7-10-2-4-12-7/h2,4H,3,5-6H2,1H3,(H2,9,11). The number of aliphatic imine (C=N–C) groups is 1. The van der Waals surface area contributed by atoms with Crippen LogP contribution in [0.2, 0.25) is 0 Å². The van der Waals surface area contributed by atoms with Crippen LogP contribution in [0, 0.1) is 0 Å². The molecule has 0 spiro atoms. The summed E-state index contributed by atoms with van der Waals surface area (Å²) in [6.07, 6.45) is 5.15. The summed E-state index contributed by atoms with van der Waals surface area (Å²) in [6.45, 7) is 0.748. The highest BCUT2D eigenvalue weighted by Gasteiger charge is 1.96. The molecule has 1 heterocycles. The molecule has 4 nitrogen and oxygen atoms in total. The Kier molecular flexibility index (Phi) is 5.55. The molecule has 1 aromatic heterocycles. The van der Waals surface area contributed by atoms with Crippen molar-refractivity contribution in [3.8, 4) is 0 Å². The predicted molar refractivity (Wildman–Crippen MR) is 62.7 cm³/mol. The maximum atomic E-state index is 5.52. The molecule has 14 heavy (non-hydrogen) atoms. The lowest BCUT2D eigenvalue weighted by Gasteiger charge is -1.96. The molecule has 0 fully saturated rings. The smallest absolute Gasteiger partial charge is 0.203 e. The molecule has 0 bridgehead atoms. The largest absolute Gasteiger partial charge is 0.448 e. The number of hydrogen-bond acceptors (Lipinski definition) is 5. The van der Waals surface area contributed by atoms with E-state index in [1.165, 1.54) is 11.8 Å². The van der Waals surface area contributed by atoms with Gasteiger partial charge in [0.2, 0.25) is 5.89 Å².